The predicted octanol–water partition coefficient (Wildman–Crippen LogP) is 4.30. The van der Waals surface area contributed by atoms with Crippen molar-refractivity contribution in [2.75, 3.05) is 19.6 Å². The Labute approximate surface area is 151 Å². The van der Waals surface area contributed by atoms with Gasteiger partial charge < -0.3 is 10.1 Å². The Hall–Kier alpha value is -1.55. The number of carbonyl (C=O) groups excluding carboxylic acids is 1. The lowest BCUT2D eigenvalue weighted by molar-refractivity contribution is 0.0496. The molecule has 1 N–H and O–H groups in total. The molecule has 2 atom stereocenters. The Morgan fingerprint density at radius 1 is 1.24 bits per heavy atom. The zero-order valence-electron chi connectivity index (χ0n) is 15.9. The van der Waals surface area contributed by atoms with Gasteiger partial charge >= 0.3 is 6.09 Å². The molecule has 0 aromatic heterocycles. The fourth-order valence-electron chi connectivity index (χ4n) is 4.20. The Morgan fingerprint density at radius 3 is 2.84 bits per heavy atom. The number of rotatable bonds is 3. The summed E-state index contributed by atoms with van der Waals surface area (Å²) in [6.07, 6.45) is 5.83. The number of hydrogen-bond acceptors (Lipinski definition) is 3. The summed E-state index contributed by atoms with van der Waals surface area (Å²) in [5.74, 6) is 0.510. The smallest absolute Gasteiger partial charge is 0.407 e. The van der Waals surface area contributed by atoms with Gasteiger partial charge in [-0.05, 0) is 76.5 Å². The van der Waals surface area contributed by atoms with E-state index in [2.05, 4.69) is 34.5 Å². The summed E-state index contributed by atoms with van der Waals surface area (Å²) in [5, 5.41) is 2.96. The van der Waals surface area contributed by atoms with Crippen LogP contribution in [0.15, 0.2) is 24.3 Å². The molecule has 3 rings (SSSR count). The number of alkyl carbamates (subject to hydrolysis) is 1. The number of piperidine rings is 1. The van der Waals surface area contributed by atoms with E-state index in [1.54, 1.807) is 0 Å². The highest BCUT2D eigenvalue weighted by Crippen LogP contribution is 2.36. The van der Waals surface area contributed by atoms with Gasteiger partial charge in [0, 0.05) is 19.1 Å². The zero-order valence-corrected chi connectivity index (χ0v) is 15.9. The van der Waals surface area contributed by atoms with Crippen LogP contribution in [0.5, 0.6) is 0 Å². The summed E-state index contributed by atoms with van der Waals surface area (Å²) in [6, 6.07) is 9.47. The third kappa shape index (κ3) is 4.97. The minimum atomic E-state index is -0.436. The molecule has 1 amide bonds. The lowest BCUT2D eigenvalue weighted by atomic mass is 9.85. The molecule has 0 bridgehead atoms. The zero-order chi connectivity index (χ0) is 17.9. The summed E-state index contributed by atoms with van der Waals surface area (Å²) in [5.41, 5.74) is 2.61. The molecule has 1 aliphatic heterocycles. The first-order valence-corrected chi connectivity index (χ1v) is 9.71. The first-order chi connectivity index (χ1) is 11.9. The van der Waals surface area contributed by atoms with E-state index in [1.807, 2.05) is 20.8 Å². The number of likely N-dealkylation sites (tertiary alicyclic amines) is 1. The third-order valence-corrected chi connectivity index (χ3v) is 5.26. The van der Waals surface area contributed by atoms with Crippen LogP contribution in [-0.4, -0.2) is 36.2 Å². The highest BCUT2D eigenvalue weighted by atomic mass is 16.6. The Bertz CT molecular complexity index is 594. The van der Waals surface area contributed by atoms with Crippen LogP contribution < -0.4 is 5.32 Å². The highest BCUT2D eigenvalue weighted by Gasteiger charge is 2.30. The molecule has 0 unspecified atom stereocenters. The number of nitrogens with zero attached hydrogens (tertiary/aromatic N) is 1. The predicted molar refractivity (Wildman–Crippen MR) is 101 cm³/mol. The summed E-state index contributed by atoms with van der Waals surface area (Å²) in [4.78, 5) is 14.5. The minimum Gasteiger partial charge on any atom is -0.444 e. The lowest BCUT2D eigenvalue weighted by Gasteiger charge is -2.41. The maximum atomic E-state index is 11.9. The van der Waals surface area contributed by atoms with Gasteiger partial charge in [-0.15, -0.1) is 0 Å². The van der Waals surface area contributed by atoms with E-state index in [1.165, 1.54) is 49.8 Å². The lowest BCUT2D eigenvalue weighted by Crippen LogP contribution is -2.44. The van der Waals surface area contributed by atoms with Crippen molar-refractivity contribution in [2.45, 2.75) is 64.5 Å². The summed E-state index contributed by atoms with van der Waals surface area (Å²) >= 11 is 0. The largest absolute Gasteiger partial charge is 0.444 e. The van der Waals surface area contributed by atoms with Gasteiger partial charge in [0.25, 0.3) is 0 Å². The molecule has 1 aromatic rings. The number of carbonyl (C=O) groups is 1. The quantitative estimate of drug-likeness (QED) is 0.889. The summed E-state index contributed by atoms with van der Waals surface area (Å²) in [6.45, 7) is 8.64. The van der Waals surface area contributed by atoms with E-state index < -0.39 is 5.60 Å². The number of fused-ring (bicyclic) bond motifs is 1. The van der Waals surface area contributed by atoms with Crippen LogP contribution >= 0.6 is 0 Å². The SMILES string of the molecule is CC(C)(C)OC(=O)NC[C@H]1CCCN([C@@H]2CCCc3ccccc32)C1. The van der Waals surface area contributed by atoms with Crippen molar-refractivity contribution in [3.8, 4) is 0 Å². The van der Waals surface area contributed by atoms with Crippen LogP contribution in [0.2, 0.25) is 0 Å². The molecule has 0 radical (unpaired) electrons. The molecule has 1 saturated heterocycles. The molecular weight excluding hydrogens is 312 g/mol. The number of amides is 1. The second-order valence-corrected chi connectivity index (χ2v) is 8.49. The first kappa shape index (κ1) is 18.2. The average Bonchev–Trinajstić information content (AvgIpc) is 2.58. The molecule has 0 spiro atoms. The normalized spacial score (nSPS) is 24.4. The number of ether oxygens (including phenoxy) is 1. The topological polar surface area (TPSA) is 41.6 Å². The van der Waals surface area contributed by atoms with Crippen molar-refractivity contribution in [3.63, 3.8) is 0 Å². The molecule has 1 aromatic carbocycles. The van der Waals surface area contributed by atoms with Crippen LogP contribution in [0.4, 0.5) is 4.79 Å². The first-order valence-electron chi connectivity index (χ1n) is 9.71. The Kier molecular flexibility index (Phi) is 5.67. The van der Waals surface area contributed by atoms with Crippen molar-refractivity contribution < 1.29 is 9.53 Å². The van der Waals surface area contributed by atoms with Crippen LogP contribution in [0.1, 0.15) is 63.6 Å². The summed E-state index contributed by atoms with van der Waals surface area (Å²) < 4.78 is 5.35. The van der Waals surface area contributed by atoms with Crippen molar-refractivity contribution in [3.05, 3.63) is 35.4 Å². The van der Waals surface area contributed by atoms with Gasteiger partial charge in [-0.3, -0.25) is 4.90 Å². The van der Waals surface area contributed by atoms with E-state index >= 15 is 0 Å². The average molecular weight is 344 g/mol. The van der Waals surface area contributed by atoms with Crippen molar-refractivity contribution in [2.24, 2.45) is 5.92 Å². The van der Waals surface area contributed by atoms with Crippen LogP contribution in [-0.2, 0) is 11.2 Å². The number of aryl methyl sites for hydroxylation is 1. The third-order valence-electron chi connectivity index (χ3n) is 5.26. The molecule has 138 valence electrons. The molecule has 4 nitrogen and oxygen atoms in total. The van der Waals surface area contributed by atoms with Crippen molar-refractivity contribution in [1.82, 2.24) is 10.2 Å². The van der Waals surface area contributed by atoms with E-state index in [9.17, 15) is 4.79 Å². The molecule has 25 heavy (non-hydrogen) atoms. The number of hydrogen-bond donors (Lipinski definition) is 1. The van der Waals surface area contributed by atoms with E-state index in [-0.39, 0.29) is 6.09 Å². The molecule has 0 saturated carbocycles. The van der Waals surface area contributed by atoms with E-state index in [0.717, 1.165) is 6.54 Å². The maximum absolute atomic E-state index is 11.9. The van der Waals surface area contributed by atoms with Crippen molar-refractivity contribution >= 4 is 6.09 Å². The van der Waals surface area contributed by atoms with Gasteiger partial charge in [0.05, 0.1) is 0 Å². The number of benzene rings is 1. The van der Waals surface area contributed by atoms with Crippen LogP contribution in [0.3, 0.4) is 0 Å². The molecule has 4 heteroatoms. The van der Waals surface area contributed by atoms with Gasteiger partial charge in [-0.2, -0.15) is 0 Å². The molecule has 1 fully saturated rings. The van der Waals surface area contributed by atoms with Crippen LogP contribution in [0.25, 0.3) is 0 Å². The Balaban J connectivity index is 1.56. The van der Waals surface area contributed by atoms with Crippen LogP contribution in [0, 0.1) is 5.92 Å². The standard InChI is InChI=1S/C21H32N2O2/c1-21(2,3)25-20(24)22-14-16-8-7-13-23(15-16)19-12-6-10-17-9-4-5-11-18(17)19/h4-5,9,11,16,19H,6-8,10,12-15H2,1-3H3,(H,22,24)/t16-,19-/m1/s1. The highest BCUT2D eigenvalue weighted by molar-refractivity contribution is 5.67. The summed E-state index contributed by atoms with van der Waals surface area (Å²) in [7, 11) is 0. The molecule has 1 heterocycles. The maximum Gasteiger partial charge on any atom is 0.407 e. The Morgan fingerprint density at radius 2 is 2.04 bits per heavy atom. The fourth-order valence-corrected chi connectivity index (χ4v) is 4.20. The minimum absolute atomic E-state index is 0.298. The fraction of sp³-hybridized carbons (Fsp3) is 0.667. The van der Waals surface area contributed by atoms with Gasteiger partial charge in [-0.1, -0.05) is 24.3 Å². The second-order valence-electron chi connectivity index (χ2n) is 8.49. The van der Waals surface area contributed by atoms with E-state index in [4.69, 9.17) is 4.74 Å². The van der Waals surface area contributed by atoms with Gasteiger partial charge in [0.2, 0.25) is 0 Å². The number of nitrogens with one attached hydrogen (secondary N) is 1. The molecule has 1 aliphatic carbocycles. The van der Waals surface area contributed by atoms with Gasteiger partial charge in [0.1, 0.15) is 5.60 Å². The van der Waals surface area contributed by atoms with Crippen molar-refractivity contribution in [1.29, 1.82) is 0 Å². The second kappa shape index (κ2) is 7.77. The molecule has 2 aliphatic rings. The van der Waals surface area contributed by atoms with E-state index in [0.29, 0.717) is 18.5 Å². The monoisotopic (exact) mass is 344 g/mol. The van der Waals surface area contributed by atoms with Gasteiger partial charge in [-0.25, -0.2) is 4.79 Å². The van der Waals surface area contributed by atoms with Gasteiger partial charge in [0.15, 0.2) is 0 Å². The molecular formula is C21H32N2O2.